The Morgan fingerprint density at radius 2 is 2.00 bits per heavy atom. The molecular weight excluding hydrogens is 342 g/mol. The molecule has 0 aromatic heterocycles. The molecule has 0 spiro atoms. The van der Waals surface area contributed by atoms with Gasteiger partial charge < -0.3 is 10.1 Å². The second-order valence-electron chi connectivity index (χ2n) is 5.38. The number of ether oxygens (including phenoxy) is 1. The van der Waals surface area contributed by atoms with Crippen LogP contribution < -0.4 is 10.1 Å². The minimum absolute atomic E-state index is 0.0845. The van der Waals surface area contributed by atoms with E-state index in [1.807, 2.05) is 38.1 Å². The fourth-order valence-electron chi connectivity index (χ4n) is 2.15. The summed E-state index contributed by atoms with van der Waals surface area (Å²) in [5.74, 6) is 1.41. The molecule has 2 rings (SSSR count). The largest absolute Gasteiger partial charge is 0.481 e. The van der Waals surface area contributed by atoms with Gasteiger partial charge in [0.15, 0.2) is 6.10 Å². The minimum Gasteiger partial charge on any atom is -0.481 e. The van der Waals surface area contributed by atoms with Crippen LogP contribution in [-0.4, -0.2) is 24.3 Å². The van der Waals surface area contributed by atoms with Crippen molar-refractivity contribution < 1.29 is 9.53 Å². The summed E-state index contributed by atoms with van der Waals surface area (Å²) in [4.78, 5) is 13.5. The molecule has 0 aliphatic heterocycles. The van der Waals surface area contributed by atoms with Crippen molar-refractivity contribution in [2.75, 3.05) is 12.3 Å². The van der Waals surface area contributed by atoms with Gasteiger partial charge in [0.2, 0.25) is 0 Å². The van der Waals surface area contributed by atoms with Crippen molar-refractivity contribution in [1.29, 1.82) is 0 Å². The molecule has 1 N–H and O–H groups in total. The number of carbonyl (C=O) groups is 1. The fraction of sp³-hybridized carbons (Fsp3) is 0.316. The zero-order chi connectivity index (χ0) is 17.4. The molecule has 2 aromatic carbocycles. The number of amides is 1. The summed E-state index contributed by atoms with van der Waals surface area (Å²) in [5, 5.41) is 3.63. The standard InChI is InChI=1S/C19H22ClNO2S/c1-3-18(23-15-9-10-17(20)14(2)13-15)19(22)21-11-12-24-16-7-5-4-6-8-16/h4-10,13,18H,3,11-12H2,1-2H3,(H,21,22)/t18-/m1/s1. The van der Waals surface area contributed by atoms with Crippen LogP contribution in [0.3, 0.4) is 0 Å². The van der Waals surface area contributed by atoms with E-state index in [2.05, 4.69) is 17.4 Å². The van der Waals surface area contributed by atoms with Gasteiger partial charge in [-0.1, -0.05) is 36.7 Å². The highest BCUT2D eigenvalue weighted by atomic mass is 35.5. The summed E-state index contributed by atoms with van der Waals surface area (Å²) >= 11 is 7.73. The lowest BCUT2D eigenvalue weighted by Gasteiger charge is -2.17. The quantitative estimate of drug-likeness (QED) is 0.545. The molecule has 0 aliphatic rings. The third-order valence-corrected chi connectivity index (χ3v) is 4.92. The molecule has 2 aromatic rings. The van der Waals surface area contributed by atoms with E-state index >= 15 is 0 Å². The van der Waals surface area contributed by atoms with Crippen molar-refractivity contribution in [3.63, 3.8) is 0 Å². The first-order valence-corrected chi connectivity index (χ1v) is 9.35. The average molecular weight is 364 g/mol. The van der Waals surface area contributed by atoms with Crippen LogP contribution in [0.15, 0.2) is 53.4 Å². The highest BCUT2D eigenvalue weighted by Crippen LogP contribution is 2.22. The van der Waals surface area contributed by atoms with Crippen molar-refractivity contribution in [1.82, 2.24) is 5.32 Å². The second kappa shape index (κ2) is 9.60. The molecule has 0 aliphatic carbocycles. The fourth-order valence-corrected chi connectivity index (χ4v) is 3.06. The summed E-state index contributed by atoms with van der Waals surface area (Å²) < 4.78 is 5.80. The van der Waals surface area contributed by atoms with Crippen molar-refractivity contribution in [2.45, 2.75) is 31.3 Å². The first-order chi connectivity index (χ1) is 11.6. The minimum atomic E-state index is -0.493. The Balaban J connectivity index is 1.79. The van der Waals surface area contributed by atoms with Gasteiger partial charge in [-0.15, -0.1) is 11.8 Å². The molecule has 0 saturated carbocycles. The normalized spacial score (nSPS) is 11.8. The highest BCUT2D eigenvalue weighted by molar-refractivity contribution is 7.99. The second-order valence-corrected chi connectivity index (χ2v) is 6.95. The summed E-state index contributed by atoms with van der Waals surface area (Å²) in [6, 6.07) is 15.6. The predicted molar refractivity (Wildman–Crippen MR) is 101 cm³/mol. The summed E-state index contributed by atoms with van der Waals surface area (Å²) in [6.45, 7) is 4.46. The van der Waals surface area contributed by atoms with Crippen LogP contribution in [0.1, 0.15) is 18.9 Å². The maximum Gasteiger partial charge on any atom is 0.261 e. The smallest absolute Gasteiger partial charge is 0.261 e. The van der Waals surface area contributed by atoms with Crippen LogP contribution in [0.25, 0.3) is 0 Å². The number of benzene rings is 2. The van der Waals surface area contributed by atoms with Crippen LogP contribution in [0.4, 0.5) is 0 Å². The lowest BCUT2D eigenvalue weighted by molar-refractivity contribution is -0.127. The van der Waals surface area contributed by atoms with Crippen molar-refractivity contribution >= 4 is 29.3 Å². The first kappa shape index (κ1) is 18.7. The Morgan fingerprint density at radius 3 is 2.67 bits per heavy atom. The molecular formula is C19H22ClNO2S. The number of thioether (sulfide) groups is 1. The lowest BCUT2D eigenvalue weighted by atomic mass is 10.2. The molecule has 0 fully saturated rings. The number of nitrogens with one attached hydrogen (secondary N) is 1. The third-order valence-electron chi connectivity index (χ3n) is 3.48. The summed E-state index contributed by atoms with van der Waals surface area (Å²) in [6.07, 6.45) is 0.117. The van der Waals surface area contributed by atoms with E-state index in [1.54, 1.807) is 23.9 Å². The first-order valence-electron chi connectivity index (χ1n) is 7.98. The van der Waals surface area contributed by atoms with Crippen molar-refractivity contribution in [3.05, 3.63) is 59.1 Å². The van der Waals surface area contributed by atoms with Gasteiger partial charge in [0.05, 0.1) is 0 Å². The molecule has 0 heterocycles. The van der Waals surface area contributed by atoms with E-state index in [-0.39, 0.29) is 5.91 Å². The average Bonchev–Trinajstić information content (AvgIpc) is 2.60. The van der Waals surface area contributed by atoms with Crippen LogP contribution in [0.2, 0.25) is 5.02 Å². The van der Waals surface area contributed by atoms with Crippen LogP contribution in [0.5, 0.6) is 5.75 Å². The topological polar surface area (TPSA) is 38.3 Å². The molecule has 0 bridgehead atoms. The number of halogens is 1. The third kappa shape index (κ3) is 5.77. The Morgan fingerprint density at radius 1 is 1.25 bits per heavy atom. The number of rotatable bonds is 8. The van der Waals surface area contributed by atoms with Crippen LogP contribution in [0, 0.1) is 6.92 Å². The Kier molecular flexibility index (Phi) is 7.47. The van der Waals surface area contributed by atoms with Gasteiger partial charge >= 0.3 is 0 Å². The molecule has 1 atom stereocenters. The number of hydrogen-bond acceptors (Lipinski definition) is 3. The molecule has 3 nitrogen and oxygen atoms in total. The molecule has 24 heavy (non-hydrogen) atoms. The Labute approximate surface area is 152 Å². The monoisotopic (exact) mass is 363 g/mol. The van der Waals surface area contributed by atoms with Gasteiger partial charge in [0.1, 0.15) is 5.75 Å². The van der Waals surface area contributed by atoms with E-state index < -0.39 is 6.10 Å². The van der Waals surface area contributed by atoms with Gasteiger partial charge in [-0.3, -0.25) is 4.79 Å². The molecule has 0 saturated heterocycles. The van der Waals surface area contributed by atoms with Gasteiger partial charge in [-0.25, -0.2) is 0 Å². The van der Waals surface area contributed by atoms with Crippen molar-refractivity contribution in [3.8, 4) is 5.75 Å². The van der Waals surface area contributed by atoms with Gasteiger partial charge in [-0.05, 0) is 49.2 Å². The number of aryl methyl sites for hydroxylation is 1. The van der Waals surface area contributed by atoms with Gasteiger partial charge in [0, 0.05) is 22.2 Å². The highest BCUT2D eigenvalue weighted by Gasteiger charge is 2.18. The number of hydrogen-bond donors (Lipinski definition) is 1. The Bertz CT molecular complexity index is 664. The van der Waals surface area contributed by atoms with E-state index in [1.165, 1.54) is 4.90 Å². The molecule has 1 amide bonds. The summed E-state index contributed by atoms with van der Waals surface area (Å²) in [7, 11) is 0. The van der Waals surface area contributed by atoms with Crippen LogP contribution in [-0.2, 0) is 4.79 Å². The maximum atomic E-state index is 12.3. The summed E-state index contributed by atoms with van der Waals surface area (Å²) in [5.41, 5.74) is 0.934. The SMILES string of the molecule is CC[C@@H](Oc1ccc(Cl)c(C)c1)C(=O)NCCSc1ccccc1. The van der Waals surface area contributed by atoms with E-state index in [0.29, 0.717) is 23.7 Å². The molecule has 0 unspecified atom stereocenters. The van der Waals surface area contributed by atoms with Crippen LogP contribution >= 0.6 is 23.4 Å². The lowest BCUT2D eigenvalue weighted by Crippen LogP contribution is -2.39. The van der Waals surface area contributed by atoms with E-state index in [9.17, 15) is 4.79 Å². The van der Waals surface area contributed by atoms with E-state index in [0.717, 1.165) is 11.3 Å². The Hall–Kier alpha value is -1.65. The van der Waals surface area contributed by atoms with Gasteiger partial charge in [-0.2, -0.15) is 0 Å². The molecule has 128 valence electrons. The van der Waals surface area contributed by atoms with Crippen molar-refractivity contribution in [2.24, 2.45) is 0 Å². The molecule has 5 heteroatoms. The maximum absolute atomic E-state index is 12.3. The van der Waals surface area contributed by atoms with Gasteiger partial charge in [0.25, 0.3) is 5.91 Å². The predicted octanol–water partition coefficient (Wildman–Crippen LogP) is 4.71. The molecule has 0 radical (unpaired) electrons. The van der Waals surface area contributed by atoms with E-state index in [4.69, 9.17) is 16.3 Å². The zero-order valence-electron chi connectivity index (χ0n) is 13.9. The number of carbonyl (C=O) groups excluding carboxylic acids is 1. The zero-order valence-corrected chi connectivity index (χ0v) is 15.5.